The van der Waals surface area contributed by atoms with Crippen LogP contribution in [-0.4, -0.2) is 86.0 Å². The van der Waals surface area contributed by atoms with Crippen molar-refractivity contribution in [2.24, 2.45) is 5.92 Å². The van der Waals surface area contributed by atoms with Gasteiger partial charge in [0.2, 0.25) is 11.8 Å². The van der Waals surface area contributed by atoms with Crippen LogP contribution in [0.15, 0.2) is 4.52 Å². The molecule has 140 valence electrons. The Hall–Kier alpha value is -1.51. The van der Waals surface area contributed by atoms with Crippen molar-refractivity contribution in [2.45, 2.75) is 25.2 Å². The molecule has 2 aliphatic heterocycles. The minimum atomic E-state index is 0.141. The van der Waals surface area contributed by atoms with Gasteiger partial charge in [-0.05, 0) is 32.9 Å². The Morgan fingerprint density at radius 3 is 2.80 bits per heavy atom. The lowest BCUT2D eigenvalue weighted by Crippen LogP contribution is -2.51. The first kappa shape index (κ1) is 18.3. The number of carbonyl (C=O) groups excluding carboxylic acids is 1. The van der Waals surface area contributed by atoms with Gasteiger partial charge >= 0.3 is 0 Å². The summed E-state index contributed by atoms with van der Waals surface area (Å²) in [5, 5.41) is 4.02. The second-order valence-electron chi connectivity index (χ2n) is 7.16. The maximum atomic E-state index is 11.9. The lowest BCUT2D eigenvalue weighted by molar-refractivity contribution is -0.136. The van der Waals surface area contributed by atoms with E-state index in [1.54, 1.807) is 0 Å². The van der Waals surface area contributed by atoms with Crippen molar-refractivity contribution in [3.05, 3.63) is 11.7 Å². The van der Waals surface area contributed by atoms with Gasteiger partial charge in [-0.25, -0.2) is 0 Å². The fourth-order valence-electron chi connectivity index (χ4n) is 3.07. The van der Waals surface area contributed by atoms with Crippen LogP contribution in [0.4, 0.5) is 0 Å². The van der Waals surface area contributed by atoms with E-state index >= 15 is 0 Å². The fourth-order valence-corrected chi connectivity index (χ4v) is 3.07. The number of aromatic nitrogens is 2. The predicted octanol–water partition coefficient (Wildman–Crippen LogP) is 0.543. The Morgan fingerprint density at radius 2 is 2.08 bits per heavy atom. The summed E-state index contributed by atoms with van der Waals surface area (Å²) in [6.45, 7) is 4.83. The molecule has 0 bridgehead atoms. The zero-order chi connectivity index (χ0) is 17.6. The summed E-state index contributed by atoms with van der Waals surface area (Å²) in [4.78, 5) is 20.1. The van der Waals surface area contributed by atoms with Gasteiger partial charge in [-0.2, -0.15) is 4.98 Å². The minimum absolute atomic E-state index is 0.141. The highest BCUT2D eigenvalue weighted by molar-refractivity contribution is 5.79. The average molecular weight is 352 g/mol. The molecule has 8 nitrogen and oxygen atoms in total. The van der Waals surface area contributed by atoms with E-state index < -0.39 is 0 Å². The highest BCUT2D eigenvalue weighted by Crippen LogP contribution is 2.25. The summed E-state index contributed by atoms with van der Waals surface area (Å²) in [5.41, 5.74) is 0. The third kappa shape index (κ3) is 5.23. The maximum absolute atomic E-state index is 11.9. The summed E-state index contributed by atoms with van der Waals surface area (Å²) in [7, 11) is 3.78. The third-order valence-corrected chi connectivity index (χ3v) is 4.68. The van der Waals surface area contributed by atoms with Gasteiger partial charge in [0.05, 0.1) is 19.1 Å². The van der Waals surface area contributed by atoms with Gasteiger partial charge in [-0.3, -0.25) is 4.79 Å². The van der Waals surface area contributed by atoms with Gasteiger partial charge in [0.15, 0.2) is 5.82 Å². The van der Waals surface area contributed by atoms with Gasteiger partial charge in [0.25, 0.3) is 0 Å². The van der Waals surface area contributed by atoms with E-state index in [2.05, 4.69) is 10.1 Å². The SMILES string of the molecule is CN(C)CC(=O)N1CC(c2nc(CCOCC3CCOCC3)no2)C1. The molecule has 1 aromatic heterocycles. The first-order valence-corrected chi connectivity index (χ1v) is 9.02. The summed E-state index contributed by atoms with van der Waals surface area (Å²) in [6, 6.07) is 0. The van der Waals surface area contributed by atoms with E-state index in [1.807, 2.05) is 23.9 Å². The van der Waals surface area contributed by atoms with Gasteiger partial charge in [-0.1, -0.05) is 5.16 Å². The number of hydrogen-bond donors (Lipinski definition) is 0. The molecule has 0 atom stereocenters. The van der Waals surface area contributed by atoms with E-state index in [4.69, 9.17) is 14.0 Å². The molecule has 0 saturated carbocycles. The molecule has 8 heteroatoms. The quantitative estimate of drug-likeness (QED) is 0.632. The van der Waals surface area contributed by atoms with Crippen molar-refractivity contribution >= 4 is 5.91 Å². The van der Waals surface area contributed by atoms with E-state index in [9.17, 15) is 4.79 Å². The lowest BCUT2D eigenvalue weighted by Gasteiger charge is -2.37. The molecule has 2 aliphatic rings. The van der Waals surface area contributed by atoms with Crippen molar-refractivity contribution in [1.29, 1.82) is 0 Å². The summed E-state index contributed by atoms with van der Waals surface area (Å²) in [6.07, 6.45) is 2.82. The van der Waals surface area contributed by atoms with Crippen LogP contribution in [0.3, 0.4) is 0 Å². The monoisotopic (exact) mass is 352 g/mol. The number of ether oxygens (including phenoxy) is 2. The molecule has 0 aromatic carbocycles. The molecule has 0 aliphatic carbocycles. The van der Waals surface area contributed by atoms with Gasteiger partial charge in [0.1, 0.15) is 0 Å². The number of nitrogens with zero attached hydrogens (tertiary/aromatic N) is 4. The number of likely N-dealkylation sites (tertiary alicyclic amines) is 1. The van der Waals surface area contributed by atoms with Crippen molar-refractivity contribution in [3.8, 4) is 0 Å². The third-order valence-electron chi connectivity index (χ3n) is 4.68. The molecule has 2 saturated heterocycles. The Morgan fingerprint density at radius 1 is 1.32 bits per heavy atom. The van der Waals surface area contributed by atoms with Gasteiger partial charge < -0.3 is 23.8 Å². The normalized spacial score (nSPS) is 19.4. The molecule has 25 heavy (non-hydrogen) atoms. The van der Waals surface area contributed by atoms with Crippen LogP contribution in [0.5, 0.6) is 0 Å². The molecule has 1 amide bonds. The molecule has 0 unspecified atom stereocenters. The average Bonchev–Trinajstić information content (AvgIpc) is 2.99. The molecule has 0 spiro atoms. The molecule has 3 rings (SSSR count). The first-order chi connectivity index (χ1) is 12.1. The summed E-state index contributed by atoms with van der Waals surface area (Å²) >= 11 is 0. The molecule has 1 aromatic rings. The molecular weight excluding hydrogens is 324 g/mol. The van der Waals surface area contributed by atoms with Crippen LogP contribution < -0.4 is 0 Å². The molecule has 3 heterocycles. The number of carbonyl (C=O) groups is 1. The number of likely N-dealkylation sites (N-methyl/N-ethyl adjacent to an activating group) is 1. The standard InChI is InChI=1S/C17H28N4O4/c1-20(2)11-16(22)21-9-14(10-21)17-18-15(19-25-17)5-8-24-12-13-3-6-23-7-4-13/h13-14H,3-12H2,1-2H3. The summed E-state index contributed by atoms with van der Waals surface area (Å²) < 4.78 is 16.4. The molecule has 0 radical (unpaired) electrons. The number of hydrogen-bond acceptors (Lipinski definition) is 7. The topological polar surface area (TPSA) is 80.9 Å². The Labute approximate surface area is 148 Å². The molecular formula is C17H28N4O4. The Balaban J connectivity index is 1.33. The minimum Gasteiger partial charge on any atom is -0.381 e. The van der Waals surface area contributed by atoms with Crippen LogP contribution in [0.2, 0.25) is 0 Å². The van der Waals surface area contributed by atoms with Gasteiger partial charge in [0, 0.05) is 39.3 Å². The van der Waals surface area contributed by atoms with E-state index in [0.29, 0.717) is 50.3 Å². The smallest absolute Gasteiger partial charge is 0.236 e. The van der Waals surface area contributed by atoms with Crippen molar-refractivity contribution in [1.82, 2.24) is 19.9 Å². The van der Waals surface area contributed by atoms with Crippen molar-refractivity contribution in [2.75, 3.05) is 60.2 Å². The molecule has 0 N–H and O–H groups in total. The Kier molecular flexibility index (Phi) is 6.39. The molecule has 2 fully saturated rings. The van der Waals surface area contributed by atoms with Crippen molar-refractivity contribution < 1.29 is 18.8 Å². The predicted molar refractivity (Wildman–Crippen MR) is 90.2 cm³/mol. The number of amides is 1. The van der Waals surface area contributed by atoms with E-state index in [1.165, 1.54) is 0 Å². The number of rotatable bonds is 8. The van der Waals surface area contributed by atoms with Crippen LogP contribution >= 0.6 is 0 Å². The zero-order valence-corrected chi connectivity index (χ0v) is 15.1. The fraction of sp³-hybridized carbons (Fsp3) is 0.824. The van der Waals surface area contributed by atoms with Crippen LogP contribution in [0.1, 0.15) is 30.5 Å². The van der Waals surface area contributed by atoms with Crippen molar-refractivity contribution in [3.63, 3.8) is 0 Å². The highest BCUT2D eigenvalue weighted by atomic mass is 16.5. The zero-order valence-electron chi connectivity index (χ0n) is 15.1. The van der Waals surface area contributed by atoms with Crippen LogP contribution in [0, 0.1) is 5.92 Å². The lowest BCUT2D eigenvalue weighted by atomic mass is 10.00. The first-order valence-electron chi connectivity index (χ1n) is 9.02. The second kappa shape index (κ2) is 8.73. The van der Waals surface area contributed by atoms with E-state index in [0.717, 1.165) is 32.7 Å². The van der Waals surface area contributed by atoms with Crippen LogP contribution in [0.25, 0.3) is 0 Å². The maximum Gasteiger partial charge on any atom is 0.236 e. The summed E-state index contributed by atoms with van der Waals surface area (Å²) in [5.74, 6) is 2.22. The Bertz CT molecular complexity index is 551. The van der Waals surface area contributed by atoms with E-state index in [-0.39, 0.29) is 11.8 Å². The highest BCUT2D eigenvalue weighted by Gasteiger charge is 2.35. The second-order valence-corrected chi connectivity index (χ2v) is 7.16. The largest absolute Gasteiger partial charge is 0.381 e. The van der Waals surface area contributed by atoms with Crippen LogP contribution in [-0.2, 0) is 20.7 Å². The van der Waals surface area contributed by atoms with Gasteiger partial charge in [-0.15, -0.1) is 0 Å².